The van der Waals surface area contributed by atoms with Crippen LogP contribution in [-0.4, -0.2) is 58.9 Å². The Labute approximate surface area is 177 Å². The molecule has 8 heteroatoms. The van der Waals surface area contributed by atoms with Gasteiger partial charge in [0.25, 0.3) is 0 Å². The van der Waals surface area contributed by atoms with E-state index in [2.05, 4.69) is 0 Å². The first kappa shape index (κ1) is 22.0. The highest BCUT2D eigenvalue weighted by Crippen LogP contribution is 2.29. The zero-order valence-electron chi connectivity index (χ0n) is 17.5. The van der Waals surface area contributed by atoms with Crippen molar-refractivity contribution >= 4 is 15.7 Å². The highest BCUT2D eigenvalue weighted by Gasteiger charge is 2.32. The minimum atomic E-state index is -3.44. The summed E-state index contributed by atoms with van der Waals surface area (Å²) in [5.41, 5.74) is 0.825. The second-order valence-electron chi connectivity index (χ2n) is 7.17. The molecule has 162 valence electrons. The van der Waals surface area contributed by atoms with Crippen LogP contribution in [0, 0.1) is 0 Å². The van der Waals surface area contributed by atoms with Crippen LogP contribution in [0.5, 0.6) is 17.2 Å². The maximum Gasteiger partial charge on any atom is 0.226 e. The third-order valence-electron chi connectivity index (χ3n) is 5.42. The van der Waals surface area contributed by atoms with Gasteiger partial charge in [-0.05, 0) is 54.8 Å². The third-order valence-corrected chi connectivity index (χ3v) is 7.70. The largest absolute Gasteiger partial charge is 0.497 e. The summed E-state index contributed by atoms with van der Waals surface area (Å²) in [7, 11) is 1.22. The Morgan fingerprint density at radius 3 is 2.13 bits per heavy atom. The molecule has 0 bridgehead atoms. The number of sulfone groups is 1. The Balaban J connectivity index is 1.61. The Hall–Kier alpha value is -2.74. The van der Waals surface area contributed by atoms with Gasteiger partial charge in [-0.1, -0.05) is 6.07 Å². The second-order valence-corrected chi connectivity index (χ2v) is 9.39. The van der Waals surface area contributed by atoms with E-state index in [0.717, 1.165) is 5.56 Å². The van der Waals surface area contributed by atoms with Gasteiger partial charge in [-0.2, -0.15) is 0 Å². The quantitative estimate of drug-likeness (QED) is 0.668. The molecule has 2 aromatic rings. The van der Waals surface area contributed by atoms with Crippen LogP contribution in [-0.2, 0) is 21.1 Å². The van der Waals surface area contributed by atoms with E-state index >= 15 is 0 Å². The molecule has 1 saturated heterocycles. The van der Waals surface area contributed by atoms with Crippen molar-refractivity contribution in [2.75, 3.05) is 34.4 Å². The Kier molecular flexibility index (Phi) is 6.87. The van der Waals surface area contributed by atoms with Crippen molar-refractivity contribution < 1.29 is 27.4 Å². The number of ether oxygens (including phenoxy) is 3. The Morgan fingerprint density at radius 1 is 0.933 bits per heavy atom. The van der Waals surface area contributed by atoms with Crippen molar-refractivity contribution in [3.8, 4) is 17.2 Å². The molecule has 0 aromatic heterocycles. The first-order chi connectivity index (χ1) is 14.4. The van der Waals surface area contributed by atoms with Gasteiger partial charge >= 0.3 is 0 Å². The van der Waals surface area contributed by atoms with Crippen LogP contribution in [0.4, 0.5) is 0 Å². The monoisotopic (exact) mass is 433 g/mol. The van der Waals surface area contributed by atoms with Crippen molar-refractivity contribution in [1.29, 1.82) is 0 Å². The summed E-state index contributed by atoms with van der Waals surface area (Å²) in [5.74, 6) is 1.78. The van der Waals surface area contributed by atoms with E-state index in [1.54, 1.807) is 55.5 Å². The minimum absolute atomic E-state index is 0.0254. The number of nitrogens with zero attached hydrogens (tertiary/aromatic N) is 1. The van der Waals surface area contributed by atoms with Gasteiger partial charge in [-0.3, -0.25) is 4.79 Å². The summed E-state index contributed by atoms with van der Waals surface area (Å²) in [4.78, 5) is 14.7. The van der Waals surface area contributed by atoms with Crippen LogP contribution in [0.1, 0.15) is 18.4 Å². The highest BCUT2D eigenvalue weighted by molar-refractivity contribution is 7.92. The number of benzene rings is 2. The number of methoxy groups -OCH3 is 3. The molecule has 1 amide bonds. The number of rotatable bonds is 7. The molecule has 0 unspecified atom stereocenters. The van der Waals surface area contributed by atoms with Crippen molar-refractivity contribution in [1.82, 2.24) is 4.90 Å². The maximum absolute atomic E-state index is 12.9. The lowest BCUT2D eigenvalue weighted by molar-refractivity contribution is -0.131. The minimum Gasteiger partial charge on any atom is -0.497 e. The van der Waals surface area contributed by atoms with E-state index in [1.165, 1.54) is 7.11 Å². The fourth-order valence-electron chi connectivity index (χ4n) is 3.65. The number of carbonyl (C=O) groups is 1. The molecular weight excluding hydrogens is 406 g/mol. The topological polar surface area (TPSA) is 82.1 Å². The molecule has 30 heavy (non-hydrogen) atoms. The molecule has 0 saturated carbocycles. The second kappa shape index (κ2) is 9.38. The average Bonchev–Trinajstić information content (AvgIpc) is 2.79. The van der Waals surface area contributed by atoms with Crippen LogP contribution < -0.4 is 14.2 Å². The number of amides is 1. The zero-order valence-corrected chi connectivity index (χ0v) is 18.3. The van der Waals surface area contributed by atoms with E-state index in [9.17, 15) is 13.2 Å². The molecule has 2 aromatic carbocycles. The van der Waals surface area contributed by atoms with E-state index in [-0.39, 0.29) is 12.3 Å². The van der Waals surface area contributed by atoms with Crippen molar-refractivity contribution in [3.63, 3.8) is 0 Å². The lowest BCUT2D eigenvalue weighted by Gasteiger charge is -2.32. The van der Waals surface area contributed by atoms with E-state index < -0.39 is 15.1 Å². The van der Waals surface area contributed by atoms with Gasteiger partial charge in [-0.25, -0.2) is 8.42 Å². The zero-order chi connectivity index (χ0) is 21.7. The lowest BCUT2D eigenvalue weighted by Crippen LogP contribution is -2.43. The summed E-state index contributed by atoms with van der Waals surface area (Å²) < 4.78 is 41.4. The first-order valence-electron chi connectivity index (χ1n) is 9.75. The average molecular weight is 434 g/mol. The van der Waals surface area contributed by atoms with Crippen molar-refractivity contribution in [2.45, 2.75) is 29.4 Å². The Morgan fingerprint density at radius 2 is 1.57 bits per heavy atom. The highest BCUT2D eigenvalue weighted by atomic mass is 32.2. The molecule has 0 N–H and O–H groups in total. The van der Waals surface area contributed by atoms with Gasteiger partial charge in [-0.15, -0.1) is 0 Å². The predicted octanol–water partition coefficient (Wildman–Crippen LogP) is 2.72. The molecule has 0 atom stereocenters. The van der Waals surface area contributed by atoms with Gasteiger partial charge in [0.2, 0.25) is 5.91 Å². The Bertz CT molecular complexity index is 979. The normalized spacial score (nSPS) is 15.0. The molecule has 7 nitrogen and oxygen atoms in total. The number of piperidine rings is 1. The number of likely N-dealkylation sites (tertiary alicyclic amines) is 1. The summed E-state index contributed by atoms with van der Waals surface area (Å²) in [6.45, 7) is 0.846. The number of hydrogen-bond acceptors (Lipinski definition) is 6. The van der Waals surface area contributed by atoms with Gasteiger partial charge in [0.05, 0.1) is 37.9 Å². The summed E-state index contributed by atoms with van der Waals surface area (Å²) >= 11 is 0. The molecule has 1 aliphatic rings. The van der Waals surface area contributed by atoms with Gasteiger partial charge in [0, 0.05) is 13.1 Å². The molecule has 1 fully saturated rings. The molecular formula is C22H27NO6S. The van der Waals surface area contributed by atoms with Crippen molar-refractivity contribution in [2.24, 2.45) is 0 Å². The van der Waals surface area contributed by atoms with Crippen LogP contribution >= 0.6 is 0 Å². The lowest BCUT2D eigenvalue weighted by atomic mass is 10.1. The third kappa shape index (κ3) is 4.70. The molecule has 0 spiro atoms. The van der Waals surface area contributed by atoms with Crippen LogP contribution in [0.3, 0.4) is 0 Å². The molecule has 1 aliphatic heterocycles. The SMILES string of the molecule is COc1ccc(S(=O)(=O)C2CCN(C(=O)Cc3ccc(OC)c(OC)c3)CC2)cc1. The molecule has 0 aliphatic carbocycles. The van der Waals surface area contributed by atoms with Crippen molar-refractivity contribution in [3.05, 3.63) is 48.0 Å². The van der Waals surface area contributed by atoms with Gasteiger partial charge < -0.3 is 19.1 Å². The van der Waals surface area contributed by atoms with Crippen LogP contribution in [0.25, 0.3) is 0 Å². The number of carbonyl (C=O) groups excluding carboxylic acids is 1. The van der Waals surface area contributed by atoms with E-state index in [0.29, 0.717) is 48.1 Å². The van der Waals surface area contributed by atoms with E-state index in [4.69, 9.17) is 14.2 Å². The molecule has 1 heterocycles. The molecule has 0 radical (unpaired) electrons. The van der Waals surface area contributed by atoms with E-state index in [1.807, 2.05) is 6.07 Å². The van der Waals surface area contributed by atoms with Crippen LogP contribution in [0.2, 0.25) is 0 Å². The number of hydrogen-bond donors (Lipinski definition) is 0. The van der Waals surface area contributed by atoms with Gasteiger partial charge in [0.1, 0.15) is 5.75 Å². The standard InChI is InChI=1S/C22H27NO6S/c1-27-17-5-7-18(8-6-17)30(25,26)19-10-12-23(13-11-19)22(24)15-16-4-9-20(28-2)21(14-16)29-3/h4-9,14,19H,10-13,15H2,1-3H3. The summed E-state index contributed by atoms with van der Waals surface area (Å²) in [6, 6.07) is 11.8. The van der Waals surface area contributed by atoms with Crippen LogP contribution in [0.15, 0.2) is 47.4 Å². The maximum atomic E-state index is 12.9. The first-order valence-corrected chi connectivity index (χ1v) is 11.3. The molecule has 3 rings (SSSR count). The smallest absolute Gasteiger partial charge is 0.226 e. The summed E-state index contributed by atoms with van der Waals surface area (Å²) in [6.07, 6.45) is 1.08. The predicted molar refractivity (Wildman–Crippen MR) is 113 cm³/mol. The summed E-state index contributed by atoms with van der Waals surface area (Å²) in [5, 5.41) is -0.490. The van der Waals surface area contributed by atoms with Gasteiger partial charge in [0.15, 0.2) is 21.3 Å². The fourth-order valence-corrected chi connectivity index (χ4v) is 5.38. The fraction of sp³-hybridized carbons (Fsp3) is 0.409.